The third-order valence-corrected chi connectivity index (χ3v) is 2.23. The van der Waals surface area contributed by atoms with E-state index in [-0.39, 0.29) is 4.99 Å². The van der Waals surface area contributed by atoms with Crippen LogP contribution in [0.4, 0.5) is 5.69 Å². The van der Waals surface area contributed by atoms with Gasteiger partial charge in [0.25, 0.3) is 0 Å². The topological polar surface area (TPSA) is 27.0 Å². The van der Waals surface area contributed by atoms with Crippen LogP contribution in [0.2, 0.25) is 5.02 Å². The van der Waals surface area contributed by atoms with Crippen molar-refractivity contribution in [2.45, 2.75) is 0 Å². The Hall–Kier alpha value is -1.11. The number of hydrogen-bond acceptors (Lipinski definition) is 2. The average Bonchev–Trinajstić information content (AvgIpc) is 2.17. The second-order valence-electron chi connectivity index (χ2n) is 2.45. The molecule has 1 aromatic rings. The Bertz CT molecular complexity index is 353. The van der Waals surface area contributed by atoms with E-state index in [0.29, 0.717) is 5.02 Å². The van der Waals surface area contributed by atoms with Crippen molar-refractivity contribution in [3.63, 3.8) is 0 Å². The zero-order valence-corrected chi connectivity index (χ0v) is 8.56. The maximum Gasteiger partial charge on any atom is 0.185 e. The Morgan fingerprint density at radius 2 is 2.00 bits per heavy atom. The van der Waals surface area contributed by atoms with Gasteiger partial charge in [0.15, 0.2) is 4.99 Å². The van der Waals surface area contributed by atoms with Crippen LogP contribution in [0.3, 0.4) is 0 Å². The van der Waals surface area contributed by atoms with E-state index in [1.807, 2.05) is 18.2 Å². The number of benzene rings is 1. The molecule has 0 radical (unpaired) electrons. The van der Waals surface area contributed by atoms with Gasteiger partial charge in [0.05, 0.1) is 0 Å². The molecule has 1 aromatic carbocycles. The molecule has 0 saturated heterocycles. The largest absolute Gasteiger partial charge is 0.327 e. The molecule has 0 aromatic heterocycles. The van der Waals surface area contributed by atoms with Crippen LogP contribution >= 0.6 is 23.8 Å². The van der Waals surface area contributed by atoms with Gasteiger partial charge in [-0.3, -0.25) is 0 Å². The minimum absolute atomic E-state index is 0.238. The lowest BCUT2D eigenvalue weighted by Gasteiger charge is -2.14. The molecule has 4 heteroatoms. The lowest BCUT2D eigenvalue weighted by atomic mass is 10.3. The summed E-state index contributed by atoms with van der Waals surface area (Å²) in [6.45, 7) is 0. The number of hydrogen-bond donors (Lipinski definition) is 0. The number of nitrogens with zero attached hydrogens (tertiary/aromatic N) is 2. The van der Waals surface area contributed by atoms with Crippen LogP contribution in [-0.2, 0) is 0 Å². The van der Waals surface area contributed by atoms with Crippen molar-refractivity contribution >= 4 is 34.5 Å². The summed E-state index contributed by atoms with van der Waals surface area (Å²) in [6.07, 6.45) is 0. The van der Waals surface area contributed by atoms with E-state index in [4.69, 9.17) is 29.1 Å². The van der Waals surface area contributed by atoms with Crippen molar-refractivity contribution in [1.29, 1.82) is 5.26 Å². The van der Waals surface area contributed by atoms with Crippen LogP contribution in [0, 0.1) is 11.3 Å². The molecule has 0 spiro atoms. The highest BCUT2D eigenvalue weighted by Crippen LogP contribution is 2.16. The Morgan fingerprint density at radius 3 is 2.46 bits per heavy atom. The first-order chi connectivity index (χ1) is 6.15. The molecule has 0 saturated carbocycles. The smallest absolute Gasteiger partial charge is 0.185 e. The molecule has 0 aliphatic rings. The van der Waals surface area contributed by atoms with E-state index in [2.05, 4.69) is 0 Å². The maximum atomic E-state index is 8.56. The summed E-state index contributed by atoms with van der Waals surface area (Å²) < 4.78 is 0. The van der Waals surface area contributed by atoms with Crippen molar-refractivity contribution in [3.8, 4) is 6.07 Å². The standard InChI is InChI=1S/C9H7ClN2S/c1-12(9(13)6-11)8-4-2-7(10)3-5-8/h2-5H,1H3. The molecule has 0 unspecified atom stereocenters. The van der Waals surface area contributed by atoms with Crippen molar-refractivity contribution in [2.24, 2.45) is 0 Å². The molecule has 0 bridgehead atoms. The van der Waals surface area contributed by atoms with Crippen LogP contribution < -0.4 is 4.90 Å². The summed E-state index contributed by atoms with van der Waals surface area (Å²) in [7, 11) is 1.74. The summed E-state index contributed by atoms with van der Waals surface area (Å²) >= 11 is 10.5. The Labute approximate surface area is 87.3 Å². The molecular weight excluding hydrogens is 204 g/mol. The molecule has 0 N–H and O–H groups in total. The van der Waals surface area contributed by atoms with Crippen molar-refractivity contribution in [1.82, 2.24) is 0 Å². The third-order valence-electron chi connectivity index (χ3n) is 1.61. The average molecular weight is 211 g/mol. The highest BCUT2D eigenvalue weighted by molar-refractivity contribution is 7.81. The van der Waals surface area contributed by atoms with Crippen molar-refractivity contribution < 1.29 is 0 Å². The van der Waals surface area contributed by atoms with E-state index in [0.717, 1.165) is 5.69 Å². The van der Waals surface area contributed by atoms with Crippen LogP contribution in [0.25, 0.3) is 0 Å². The molecule has 0 fully saturated rings. The molecule has 0 aliphatic carbocycles. The number of nitriles is 1. The zero-order chi connectivity index (χ0) is 9.84. The second-order valence-corrected chi connectivity index (χ2v) is 3.28. The Balaban J connectivity index is 2.91. The SMILES string of the molecule is CN(C(=S)C#N)c1ccc(Cl)cc1. The van der Waals surface area contributed by atoms with Gasteiger partial charge in [-0.05, 0) is 36.5 Å². The molecule has 0 aliphatic heterocycles. The van der Waals surface area contributed by atoms with Crippen LogP contribution in [0.5, 0.6) is 0 Å². The molecule has 2 nitrogen and oxygen atoms in total. The predicted molar refractivity (Wildman–Crippen MR) is 58.1 cm³/mol. The first-order valence-corrected chi connectivity index (χ1v) is 4.37. The number of rotatable bonds is 1. The molecule has 66 valence electrons. The Morgan fingerprint density at radius 1 is 1.46 bits per heavy atom. The van der Waals surface area contributed by atoms with Crippen LogP contribution in [0.15, 0.2) is 24.3 Å². The fraction of sp³-hybridized carbons (Fsp3) is 0.111. The maximum absolute atomic E-state index is 8.56. The summed E-state index contributed by atoms with van der Waals surface area (Å²) in [5.74, 6) is 0. The first kappa shape index (κ1) is 9.97. The van der Waals surface area contributed by atoms with Crippen molar-refractivity contribution in [3.05, 3.63) is 29.3 Å². The van der Waals surface area contributed by atoms with E-state index < -0.39 is 0 Å². The summed E-state index contributed by atoms with van der Waals surface area (Å²) in [5, 5.41) is 9.23. The van der Waals surface area contributed by atoms with Gasteiger partial charge in [-0.1, -0.05) is 11.6 Å². The molecule has 13 heavy (non-hydrogen) atoms. The fourth-order valence-corrected chi connectivity index (χ4v) is 1.09. The minimum Gasteiger partial charge on any atom is -0.327 e. The summed E-state index contributed by atoms with van der Waals surface area (Å²) in [6, 6.07) is 9.04. The van der Waals surface area contributed by atoms with E-state index in [1.54, 1.807) is 24.1 Å². The van der Waals surface area contributed by atoms with Gasteiger partial charge >= 0.3 is 0 Å². The van der Waals surface area contributed by atoms with E-state index >= 15 is 0 Å². The van der Waals surface area contributed by atoms with Gasteiger partial charge in [-0.25, -0.2) is 0 Å². The molecule has 1 rings (SSSR count). The molecule has 0 atom stereocenters. The number of halogens is 1. The van der Waals surface area contributed by atoms with Crippen LogP contribution in [-0.4, -0.2) is 12.0 Å². The highest BCUT2D eigenvalue weighted by Gasteiger charge is 2.04. The lowest BCUT2D eigenvalue weighted by molar-refractivity contribution is 1.29. The fourth-order valence-electron chi connectivity index (χ4n) is 0.857. The van der Waals surface area contributed by atoms with Gasteiger partial charge in [0, 0.05) is 17.8 Å². The number of anilines is 1. The molecule has 0 heterocycles. The van der Waals surface area contributed by atoms with Gasteiger partial charge in [0.2, 0.25) is 0 Å². The normalized spacial score (nSPS) is 9.00. The van der Waals surface area contributed by atoms with Gasteiger partial charge in [0.1, 0.15) is 6.07 Å². The Kier molecular flexibility index (Phi) is 3.24. The first-order valence-electron chi connectivity index (χ1n) is 3.58. The summed E-state index contributed by atoms with van der Waals surface area (Å²) in [5.41, 5.74) is 0.857. The third kappa shape index (κ3) is 2.41. The number of thiocarbonyl (C=S) groups is 1. The summed E-state index contributed by atoms with van der Waals surface area (Å²) in [4.78, 5) is 1.87. The predicted octanol–water partition coefficient (Wildman–Crippen LogP) is 2.63. The molecular formula is C9H7ClN2S. The van der Waals surface area contributed by atoms with Gasteiger partial charge in [-0.15, -0.1) is 0 Å². The minimum atomic E-state index is 0.238. The van der Waals surface area contributed by atoms with E-state index in [9.17, 15) is 0 Å². The van der Waals surface area contributed by atoms with Crippen molar-refractivity contribution in [2.75, 3.05) is 11.9 Å². The lowest BCUT2D eigenvalue weighted by Crippen LogP contribution is -2.22. The van der Waals surface area contributed by atoms with E-state index in [1.165, 1.54) is 0 Å². The monoisotopic (exact) mass is 210 g/mol. The van der Waals surface area contributed by atoms with Gasteiger partial charge in [-0.2, -0.15) is 5.26 Å². The van der Waals surface area contributed by atoms with Gasteiger partial charge < -0.3 is 4.90 Å². The second kappa shape index (κ2) is 4.22. The zero-order valence-electron chi connectivity index (χ0n) is 6.99. The quantitative estimate of drug-likeness (QED) is 0.667. The molecule has 0 amide bonds. The van der Waals surface area contributed by atoms with Crippen LogP contribution in [0.1, 0.15) is 0 Å². The highest BCUT2D eigenvalue weighted by atomic mass is 35.5.